The molecule has 2 nitrogen and oxygen atoms in total. The minimum atomic E-state index is 0.729. The first kappa shape index (κ1) is 9.14. The van der Waals surface area contributed by atoms with Crippen LogP contribution in [0.1, 0.15) is 16.2 Å². The molecule has 2 atom stereocenters. The van der Waals surface area contributed by atoms with Crippen LogP contribution >= 0.6 is 11.3 Å². The third-order valence-electron chi connectivity index (χ3n) is 3.32. The first-order chi connectivity index (χ1) is 7.36. The Bertz CT molecular complexity index is 452. The summed E-state index contributed by atoms with van der Waals surface area (Å²) in [6, 6.07) is 6.21. The molecular formula is C12H12N2S. The van der Waals surface area contributed by atoms with E-state index in [1.807, 2.05) is 6.07 Å². The van der Waals surface area contributed by atoms with E-state index in [4.69, 9.17) is 5.26 Å². The summed E-state index contributed by atoms with van der Waals surface area (Å²) in [6.07, 6.45) is 3.58. The second-order valence-corrected chi connectivity index (χ2v) is 5.34. The normalized spacial score (nSPS) is 28.6. The lowest BCUT2D eigenvalue weighted by atomic mass is 10.00. The van der Waals surface area contributed by atoms with Gasteiger partial charge in [-0.2, -0.15) is 5.26 Å². The number of nitriles is 1. The highest BCUT2D eigenvalue weighted by Gasteiger charge is 2.32. The molecule has 15 heavy (non-hydrogen) atoms. The summed E-state index contributed by atoms with van der Waals surface area (Å²) < 4.78 is 0. The van der Waals surface area contributed by atoms with E-state index in [0.29, 0.717) is 0 Å². The monoisotopic (exact) mass is 216 g/mol. The molecule has 1 aromatic rings. The molecule has 2 unspecified atom stereocenters. The van der Waals surface area contributed by atoms with Gasteiger partial charge in [-0.25, -0.2) is 0 Å². The first-order valence-electron chi connectivity index (χ1n) is 5.28. The van der Waals surface area contributed by atoms with E-state index >= 15 is 0 Å². The van der Waals surface area contributed by atoms with E-state index in [9.17, 15) is 0 Å². The Morgan fingerprint density at radius 2 is 2.33 bits per heavy atom. The zero-order valence-electron chi connectivity index (χ0n) is 8.36. The summed E-state index contributed by atoms with van der Waals surface area (Å²) >= 11 is 1.62. The highest BCUT2D eigenvalue weighted by Crippen LogP contribution is 2.40. The lowest BCUT2D eigenvalue weighted by Crippen LogP contribution is -2.08. The maximum absolute atomic E-state index is 8.79. The van der Waals surface area contributed by atoms with Crippen LogP contribution in [0.4, 0.5) is 0 Å². The average molecular weight is 216 g/mol. The summed E-state index contributed by atoms with van der Waals surface area (Å²) in [6.45, 7) is 2.28. The Morgan fingerprint density at radius 3 is 3.07 bits per heavy atom. The number of allylic oxidation sites excluding steroid dienone is 1. The van der Waals surface area contributed by atoms with E-state index in [-0.39, 0.29) is 0 Å². The van der Waals surface area contributed by atoms with Crippen molar-refractivity contribution in [3.63, 3.8) is 0 Å². The fourth-order valence-corrected chi connectivity index (χ4v) is 3.37. The van der Waals surface area contributed by atoms with Gasteiger partial charge in [-0.3, -0.25) is 0 Å². The Balaban J connectivity index is 1.87. The van der Waals surface area contributed by atoms with E-state index < -0.39 is 0 Å². The maximum Gasteiger partial charge on any atom is 0.110 e. The minimum Gasteiger partial charge on any atom is -0.316 e. The molecule has 3 heteroatoms. The fraction of sp³-hybridized carbons (Fsp3) is 0.417. The van der Waals surface area contributed by atoms with Crippen LogP contribution in [-0.4, -0.2) is 13.1 Å². The predicted molar refractivity (Wildman–Crippen MR) is 61.5 cm³/mol. The maximum atomic E-state index is 8.79. The lowest BCUT2D eigenvalue weighted by molar-refractivity contribution is 0.536. The fourth-order valence-electron chi connectivity index (χ4n) is 2.53. The van der Waals surface area contributed by atoms with Crippen molar-refractivity contribution in [2.75, 3.05) is 13.1 Å². The molecule has 76 valence electrons. The molecule has 1 aliphatic heterocycles. The topological polar surface area (TPSA) is 35.8 Å². The standard InChI is InChI=1S/C12H12N2S/c13-5-11-1-2-12(15-11)8-3-9-6-14-7-10(9)4-8/h1-3,9-10,14H,4,6-7H2. The number of thiophene rings is 1. The van der Waals surface area contributed by atoms with Crippen LogP contribution in [0.2, 0.25) is 0 Å². The summed E-state index contributed by atoms with van der Waals surface area (Å²) in [5.41, 5.74) is 1.46. The molecular weight excluding hydrogens is 204 g/mol. The number of nitrogens with one attached hydrogen (secondary N) is 1. The molecule has 1 aliphatic carbocycles. The van der Waals surface area contributed by atoms with Crippen molar-refractivity contribution >= 4 is 16.9 Å². The number of nitrogens with zero attached hydrogens (tertiary/aromatic N) is 1. The molecule has 3 rings (SSSR count). The van der Waals surface area contributed by atoms with Gasteiger partial charge in [0.2, 0.25) is 0 Å². The Hall–Kier alpha value is -1.11. The zero-order chi connectivity index (χ0) is 10.3. The molecule has 0 radical (unpaired) electrons. The SMILES string of the molecule is N#Cc1ccc(C2=CC3CNCC3C2)s1. The molecule has 0 amide bonds. The van der Waals surface area contributed by atoms with Gasteiger partial charge >= 0.3 is 0 Å². The Labute approximate surface area is 93.2 Å². The predicted octanol–water partition coefficient (Wildman–Crippen LogP) is 2.24. The largest absolute Gasteiger partial charge is 0.316 e. The van der Waals surface area contributed by atoms with Crippen LogP contribution in [-0.2, 0) is 0 Å². The number of hydrogen-bond acceptors (Lipinski definition) is 3. The van der Waals surface area contributed by atoms with E-state index in [1.54, 1.807) is 11.3 Å². The first-order valence-corrected chi connectivity index (χ1v) is 6.10. The molecule has 0 bridgehead atoms. The van der Waals surface area contributed by atoms with Gasteiger partial charge in [0.25, 0.3) is 0 Å². The van der Waals surface area contributed by atoms with Crippen molar-refractivity contribution in [3.05, 3.63) is 28.0 Å². The van der Waals surface area contributed by atoms with Gasteiger partial charge in [-0.15, -0.1) is 11.3 Å². The Morgan fingerprint density at radius 1 is 1.40 bits per heavy atom. The Kier molecular flexibility index (Phi) is 2.12. The lowest BCUT2D eigenvalue weighted by Gasteiger charge is -2.04. The van der Waals surface area contributed by atoms with E-state index in [0.717, 1.165) is 29.8 Å². The van der Waals surface area contributed by atoms with Crippen LogP contribution < -0.4 is 5.32 Å². The van der Waals surface area contributed by atoms with Crippen LogP contribution in [0.25, 0.3) is 5.57 Å². The van der Waals surface area contributed by atoms with Crippen molar-refractivity contribution < 1.29 is 0 Å². The van der Waals surface area contributed by atoms with Gasteiger partial charge in [0.05, 0.1) is 0 Å². The summed E-state index contributed by atoms with van der Waals surface area (Å²) in [4.78, 5) is 2.11. The summed E-state index contributed by atoms with van der Waals surface area (Å²) in [7, 11) is 0. The molecule has 1 N–H and O–H groups in total. The van der Waals surface area contributed by atoms with Gasteiger partial charge in [-0.1, -0.05) is 6.08 Å². The minimum absolute atomic E-state index is 0.729. The number of rotatable bonds is 1. The molecule has 0 aromatic carbocycles. The van der Waals surface area contributed by atoms with Crippen molar-refractivity contribution in [2.45, 2.75) is 6.42 Å². The molecule has 0 saturated carbocycles. The quantitative estimate of drug-likeness (QED) is 0.781. The van der Waals surface area contributed by atoms with E-state index in [1.165, 1.54) is 16.9 Å². The van der Waals surface area contributed by atoms with Crippen molar-refractivity contribution in [1.29, 1.82) is 5.26 Å². The van der Waals surface area contributed by atoms with Crippen LogP contribution in [0, 0.1) is 23.2 Å². The third kappa shape index (κ3) is 1.50. The van der Waals surface area contributed by atoms with Crippen molar-refractivity contribution in [1.82, 2.24) is 5.32 Å². The summed E-state index contributed by atoms with van der Waals surface area (Å²) in [5, 5.41) is 12.2. The van der Waals surface area contributed by atoms with Crippen LogP contribution in [0.15, 0.2) is 18.2 Å². The van der Waals surface area contributed by atoms with Gasteiger partial charge < -0.3 is 5.32 Å². The third-order valence-corrected chi connectivity index (χ3v) is 4.39. The van der Waals surface area contributed by atoms with Crippen LogP contribution in [0.3, 0.4) is 0 Å². The highest BCUT2D eigenvalue weighted by atomic mass is 32.1. The number of hydrogen-bond donors (Lipinski definition) is 1. The highest BCUT2D eigenvalue weighted by molar-refractivity contribution is 7.13. The van der Waals surface area contributed by atoms with E-state index in [2.05, 4.69) is 23.5 Å². The average Bonchev–Trinajstić information content (AvgIpc) is 2.91. The van der Waals surface area contributed by atoms with Gasteiger partial charge in [0.15, 0.2) is 0 Å². The molecule has 0 spiro atoms. The van der Waals surface area contributed by atoms with Gasteiger partial charge in [0, 0.05) is 11.4 Å². The molecule has 2 heterocycles. The second-order valence-electron chi connectivity index (χ2n) is 4.25. The number of fused-ring (bicyclic) bond motifs is 1. The second kappa shape index (κ2) is 3.48. The van der Waals surface area contributed by atoms with Crippen molar-refractivity contribution in [2.24, 2.45) is 11.8 Å². The van der Waals surface area contributed by atoms with Gasteiger partial charge in [0.1, 0.15) is 10.9 Å². The molecule has 1 fully saturated rings. The molecule has 2 aliphatic rings. The van der Waals surface area contributed by atoms with Crippen LogP contribution in [0.5, 0.6) is 0 Å². The van der Waals surface area contributed by atoms with Crippen molar-refractivity contribution in [3.8, 4) is 6.07 Å². The zero-order valence-corrected chi connectivity index (χ0v) is 9.18. The smallest absolute Gasteiger partial charge is 0.110 e. The molecule has 1 aromatic heterocycles. The summed E-state index contributed by atoms with van der Waals surface area (Å²) in [5.74, 6) is 1.53. The molecule has 1 saturated heterocycles. The van der Waals surface area contributed by atoms with Gasteiger partial charge in [-0.05, 0) is 42.5 Å².